The monoisotopic (exact) mass is 417 g/mol. The first kappa shape index (κ1) is 20.4. The van der Waals surface area contributed by atoms with Gasteiger partial charge in [0.2, 0.25) is 0 Å². The van der Waals surface area contributed by atoms with Crippen LogP contribution in [0.5, 0.6) is 5.75 Å². The van der Waals surface area contributed by atoms with Gasteiger partial charge in [-0.3, -0.25) is 14.4 Å². The third-order valence-electron chi connectivity index (χ3n) is 5.39. The number of rotatable bonds is 6. The van der Waals surface area contributed by atoms with E-state index in [0.717, 1.165) is 23.2 Å². The summed E-state index contributed by atoms with van der Waals surface area (Å²) < 4.78 is 5.76. The van der Waals surface area contributed by atoms with Crippen LogP contribution in [0, 0.1) is 0 Å². The van der Waals surface area contributed by atoms with E-state index in [9.17, 15) is 14.4 Å². The van der Waals surface area contributed by atoms with Crippen molar-refractivity contribution in [2.75, 3.05) is 0 Å². The summed E-state index contributed by atoms with van der Waals surface area (Å²) in [5.41, 5.74) is 7.74. The number of hydrogen-bond donors (Lipinski definition) is 3. The number of aromatic nitrogens is 1. The molecule has 4 N–H and O–H groups in total. The van der Waals surface area contributed by atoms with E-state index < -0.39 is 11.5 Å². The minimum absolute atomic E-state index is 0.0974. The molecule has 7 heteroatoms. The zero-order valence-corrected chi connectivity index (χ0v) is 16.9. The summed E-state index contributed by atoms with van der Waals surface area (Å²) in [7, 11) is 0. The molecule has 1 aliphatic rings. The number of primary amides is 1. The molecular formula is C24H23N3O4. The fraction of sp³-hybridized carbons (Fsp3) is 0.208. The Morgan fingerprint density at radius 2 is 1.84 bits per heavy atom. The summed E-state index contributed by atoms with van der Waals surface area (Å²) in [4.78, 5) is 39.1. The first-order valence-corrected chi connectivity index (χ1v) is 10.1. The van der Waals surface area contributed by atoms with Crippen LogP contribution in [0.1, 0.15) is 56.4 Å². The predicted molar refractivity (Wildman–Crippen MR) is 116 cm³/mol. The maximum atomic E-state index is 12.8. The van der Waals surface area contributed by atoms with E-state index >= 15 is 0 Å². The van der Waals surface area contributed by atoms with Gasteiger partial charge in [0.05, 0.1) is 6.04 Å². The average molecular weight is 417 g/mol. The third kappa shape index (κ3) is 4.66. The van der Waals surface area contributed by atoms with Crippen molar-refractivity contribution in [2.24, 2.45) is 5.73 Å². The number of nitrogens with one attached hydrogen (secondary N) is 2. The first-order valence-electron chi connectivity index (χ1n) is 10.1. The van der Waals surface area contributed by atoms with Gasteiger partial charge in [-0.1, -0.05) is 30.3 Å². The lowest BCUT2D eigenvalue weighted by atomic mass is 9.90. The molecule has 2 aromatic carbocycles. The highest BCUT2D eigenvalue weighted by Gasteiger charge is 2.25. The Hall–Kier alpha value is -3.87. The number of pyridine rings is 1. The topological polar surface area (TPSA) is 114 Å². The number of H-pyrrole nitrogens is 1. The lowest BCUT2D eigenvalue weighted by Crippen LogP contribution is -2.34. The Balaban J connectivity index is 1.45. The normalized spacial score (nSPS) is 15.0. The second kappa shape index (κ2) is 8.87. The highest BCUT2D eigenvalue weighted by molar-refractivity contribution is 5.95. The molecule has 0 fully saturated rings. The summed E-state index contributed by atoms with van der Waals surface area (Å²) in [6, 6.07) is 18.0. The molecule has 7 nitrogen and oxygen atoms in total. The van der Waals surface area contributed by atoms with Gasteiger partial charge in [0.15, 0.2) is 0 Å². The zero-order chi connectivity index (χ0) is 21.8. The molecule has 1 aliphatic carbocycles. The fourth-order valence-corrected chi connectivity index (χ4v) is 3.76. The Labute approximate surface area is 179 Å². The van der Waals surface area contributed by atoms with Gasteiger partial charge in [-0.15, -0.1) is 0 Å². The van der Waals surface area contributed by atoms with Crippen molar-refractivity contribution in [3.8, 4) is 5.75 Å². The standard InChI is InChI=1S/C24H23N3O4/c25-22(28)19-13-18-20(7-4-8-21(18)27-24(19)30)26-23(29)16-9-11-17(12-10-16)31-14-15-5-2-1-3-6-15/h1-3,5-6,9-13,20H,4,7-8,14H2,(H2,25,28)(H,26,29)(H,27,30). The number of fused-ring (bicyclic) bond motifs is 1. The largest absolute Gasteiger partial charge is 0.489 e. The zero-order valence-electron chi connectivity index (χ0n) is 16.9. The van der Waals surface area contributed by atoms with Gasteiger partial charge in [0.25, 0.3) is 17.4 Å². The second-order valence-electron chi connectivity index (χ2n) is 7.53. The molecule has 158 valence electrons. The van der Waals surface area contributed by atoms with Crippen LogP contribution in [0.4, 0.5) is 0 Å². The fourth-order valence-electron chi connectivity index (χ4n) is 3.76. The van der Waals surface area contributed by atoms with Gasteiger partial charge in [-0.05, 0) is 60.7 Å². The number of benzene rings is 2. The number of nitrogens with two attached hydrogens (primary N) is 1. The van der Waals surface area contributed by atoms with E-state index in [1.54, 1.807) is 24.3 Å². The van der Waals surface area contributed by atoms with Crippen LogP contribution in [-0.2, 0) is 13.0 Å². The molecule has 2 amide bonds. The predicted octanol–water partition coefficient (Wildman–Crippen LogP) is 2.86. The lowest BCUT2D eigenvalue weighted by Gasteiger charge is -2.26. The van der Waals surface area contributed by atoms with Crippen LogP contribution >= 0.6 is 0 Å². The number of carbonyl (C=O) groups excluding carboxylic acids is 2. The SMILES string of the molecule is NC(=O)c1cc2c([nH]c1=O)CCCC2NC(=O)c1ccc(OCc2ccccc2)cc1. The van der Waals surface area contributed by atoms with Crippen molar-refractivity contribution in [3.05, 3.63) is 99.0 Å². The first-order chi connectivity index (χ1) is 15.0. The quantitative estimate of drug-likeness (QED) is 0.572. The Morgan fingerprint density at radius 3 is 2.55 bits per heavy atom. The third-order valence-corrected chi connectivity index (χ3v) is 5.39. The number of hydrogen-bond acceptors (Lipinski definition) is 4. The van der Waals surface area contributed by atoms with Gasteiger partial charge < -0.3 is 20.8 Å². The van der Waals surface area contributed by atoms with Crippen molar-refractivity contribution in [1.82, 2.24) is 10.3 Å². The van der Waals surface area contributed by atoms with Gasteiger partial charge in [0, 0.05) is 11.3 Å². The van der Waals surface area contributed by atoms with Crippen molar-refractivity contribution >= 4 is 11.8 Å². The summed E-state index contributed by atoms with van der Waals surface area (Å²) in [6.07, 6.45) is 2.21. The Bertz CT molecular complexity index is 1150. The van der Waals surface area contributed by atoms with Crippen LogP contribution in [0.2, 0.25) is 0 Å². The van der Waals surface area contributed by atoms with Gasteiger partial charge in [-0.2, -0.15) is 0 Å². The molecular weight excluding hydrogens is 394 g/mol. The van der Waals surface area contributed by atoms with Gasteiger partial charge in [-0.25, -0.2) is 0 Å². The molecule has 1 atom stereocenters. The molecule has 3 aromatic rings. The van der Waals surface area contributed by atoms with E-state index in [1.807, 2.05) is 30.3 Å². The molecule has 0 aliphatic heterocycles. The van der Waals surface area contributed by atoms with Gasteiger partial charge >= 0.3 is 0 Å². The van der Waals surface area contributed by atoms with E-state index in [-0.39, 0.29) is 17.5 Å². The van der Waals surface area contributed by atoms with E-state index in [1.165, 1.54) is 6.07 Å². The van der Waals surface area contributed by atoms with Crippen molar-refractivity contribution in [3.63, 3.8) is 0 Å². The summed E-state index contributed by atoms with van der Waals surface area (Å²) in [5, 5.41) is 3.00. The minimum atomic E-state index is -0.786. The smallest absolute Gasteiger partial charge is 0.261 e. The van der Waals surface area contributed by atoms with E-state index in [4.69, 9.17) is 10.5 Å². The molecule has 0 spiro atoms. The Morgan fingerprint density at radius 1 is 1.10 bits per heavy atom. The molecule has 1 unspecified atom stereocenters. The van der Waals surface area contributed by atoms with Crippen molar-refractivity contribution in [1.29, 1.82) is 0 Å². The van der Waals surface area contributed by atoms with E-state index in [2.05, 4.69) is 10.3 Å². The Kier molecular flexibility index (Phi) is 5.84. The van der Waals surface area contributed by atoms with E-state index in [0.29, 0.717) is 30.8 Å². The molecule has 1 aromatic heterocycles. The van der Waals surface area contributed by atoms with Crippen LogP contribution in [0.3, 0.4) is 0 Å². The molecule has 31 heavy (non-hydrogen) atoms. The maximum Gasteiger partial charge on any atom is 0.261 e. The summed E-state index contributed by atoms with van der Waals surface area (Å²) >= 11 is 0. The second-order valence-corrected chi connectivity index (χ2v) is 7.53. The van der Waals surface area contributed by atoms with Crippen LogP contribution in [-0.4, -0.2) is 16.8 Å². The average Bonchev–Trinajstić information content (AvgIpc) is 2.78. The van der Waals surface area contributed by atoms with Crippen LogP contribution in [0.25, 0.3) is 0 Å². The number of carbonyl (C=O) groups is 2. The minimum Gasteiger partial charge on any atom is -0.489 e. The van der Waals surface area contributed by atoms with Crippen LogP contribution in [0.15, 0.2) is 65.5 Å². The van der Waals surface area contributed by atoms with Gasteiger partial charge in [0.1, 0.15) is 17.9 Å². The molecule has 0 saturated carbocycles. The van der Waals surface area contributed by atoms with Crippen LogP contribution < -0.4 is 21.3 Å². The number of ether oxygens (including phenoxy) is 1. The summed E-state index contributed by atoms with van der Waals surface area (Å²) in [6.45, 7) is 0.450. The number of amides is 2. The summed E-state index contributed by atoms with van der Waals surface area (Å²) in [5.74, 6) is -0.350. The molecule has 4 rings (SSSR count). The highest BCUT2D eigenvalue weighted by atomic mass is 16.5. The highest BCUT2D eigenvalue weighted by Crippen LogP contribution is 2.28. The number of aryl methyl sites for hydroxylation is 1. The molecule has 0 radical (unpaired) electrons. The van der Waals surface area contributed by atoms with Crippen molar-refractivity contribution in [2.45, 2.75) is 31.9 Å². The molecule has 1 heterocycles. The van der Waals surface area contributed by atoms with Crippen molar-refractivity contribution < 1.29 is 14.3 Å². The molecule has 0 saturated heterocycles. The maximum absolute atomic E-state index is 12.8. The molecule has 0 bridgehead atoms. The lowest BCUT2D eigenvalue weighted by molar-refractivity contribution is 0.0932. The number of aromatic amines is 1.